The van der Waals surface area contributed by atoms with Crippen molar-refractivity contribution >= 4 is 22.7 Å². The average molecular weight is 489 g/mol. The molecule has 36 heavy (non-hydrogen) atoms. The van der Waals surface area contributed by atoms with E-state index in [4.69, 9.17) is 0 Å². The fourth-order valence-electron chi connectivity index (χ4n) is 4.62. The lowest BCUT2D eigenvalue weighted by molar-refractivity contribution is 0.132. The second kappa shape index (κ2) is 10.7. The van der Waals surface area contributed by atoms with Crippen LogP contribution >= 0.6 is 0 Å². The Morgan fingerprint density at radius 2 is 1.83 bits per heavy atom. The van der Waals surface area contributed by atoms with Crippen molar-refractivity contribution in [2.24, 2.45) is 0 Å². The molecule has 1 aliphatic rings. The molecule has 5 rings (SSSR count). The summed E-state index contributed by atoms with van der Waals surface area (Å²) in [7, 11) is 0. The van der Waals surface area contributed by atoms with Gasteiger partial charge in [0.25, 0.3) is 0 Å². The maximum absolute atomic E-state index is 14.8. The lowest BCUT2D eigenvalue weighted by Crippen LogP contribution is -2.45. The third-order valence-corrected chi connectivity index (χ3v) is 7.09. The molecule has 0 bridgehead atoms. The molecule has 1 atom stereocenters. The third kappa shape index (κ3) is 5.22. The molecular formula is C27H33FN8. The Hall–Kier alpha value is -3.43. The highest BCUT2D eigenvalue weighted by atomic mass is 19.1. The molecule has 0 spiro atoms. The zero-order chi connectivity index (χ0) is 25.1. The minimum atomic E-state index is -0.472. The topological polar surface area (TPSA) is 85.9 Å². The van der Waals surface area contributed by atoms with Gasteiger partial charge in [-0.05, 0) is 42.6 Å². The summed E-state index contributed by atoms with van der Waals surface area (Å²) >= 11 is 0. The first-order valence-corrected chi connectivity index (χ1v) is 12.7. The number of hydrogen-bond donors (Lipinski definition) is 2. The van der Waals surface area contributed by atoms with Crippen LogP contribution in [-0.4, -0.2) is 67.7 Å². The molecule has 4 aromatic rings. The van der Waals surface area contributed by atoms with Crippen molar-refractivity contribution in [1.29, 1.82) is 0 Å². The Balaban J connectivity index is 1.31. The molecule has 0 amide bonds. The summed E-state index contributed by atoms with van der Waals surface area (Å²) in [6.45, 7) is 12.9. The summed E-state index contributed by atoms with van der Waals surface area (Å²) in [4.78, 5) is 18.1. The van der Waals surface area contributed by atoms with Gasteiger partial charge >= 0.3 is 0 Å². The number of hydrogen-bond acceptors (Lipinski definition) is 7. The van der Waals surface area contributed by atoms with E-state index in [1.165, 1.54) is 6.20 Å². The van der Waals surface area contributed by atoms with E-state index in [0.717, 1.165) is 67.8 Å². The SMILES string of the molecule is CCC(C)c1[nH]nc2ccc(-c3nc(Nc4ccc(CN5CCN(CC)CC5)cn4)ncc3F)cc12. The fraction of sp³-hybridized carbons (Fsp3) is 0.407. The number of aromatic amines is 1. The Labute approximate surface area is 211 Å². The van der Waals surface area contributed by atoms with Crippen LogP contribution in [0.25, 0.3) is 22.2 Å². The van der Waals surface area contributed by atoms with Gasteiger partial charge in [-0.15, -0.1) is 0 Å². The molecule has 8 nitrogen and oxygen atoms in total. The molecule has 1 unspecified atom stereocenters. The number of rotatable bonds is 8. The Morgan fingerprint density at radius 3 is 2.56 bits per heavy atom. The predicted molar refractivity (Wildman–Crippen MR) is 141 cm³/mol. The van der Waals surface area contributed by atoms with Gasteiger partial charge in [-0.25, -0.2) is 19.3 Å². The Bertz CT molecular complexity index is 1310. The van der Waals surface area contributed by atoms with Crippen molar-refractivity contribution < 1.29 is 4.39 Å². The third-order valence-electron chi connectivity index (χ3n) is 7.09. The molecule has 188 valence electrons. The molecule has 0 aliphatic carbocycles. The Morgan fingerprint density at radius 1 is 1.03 bits per heavy atom. The van der Waals surface area contributed by atoms with Crippen LogP contribution in [0.3, 0.4) is 0 Å². The molecule has 9 heteroatoms. The number of benzene rings is 1. The molecule has 1 aromatic carbocycles. The lowest BCUT2D eigenvalue weighted by Gasteiger charge is -2.33. The molecule has 1 fully saturated rings. The van der Waals surface area contributed by atoms with Crippen LogP contribution in [0, 0.1) is 5.82 Å². The zero-order valence-electron chi connectivity index (χ0n) is 21.1. The van der Waals surface area contributed by atoms with Gasteiger partial charge in [0.2, 0.25) is 5.95 Å². The van der Waals surface area contributed by atoms with Crippen LogP contribution in [0.2, 0.25) is 0 Å². The number of H-pyrrole nitrogens is 1. The molecule has 0 saturated carbocycles. The van der Waals surface area contributed by atoms with Gasteiger partial charge in [0.1, 0.15) is 11.5 Å². The second-order valence-electron chi connectivity index (χ2n) is 9.46. The van der Waals surface area contributed by atoms with Gasteiger partial charge in [-0.2, -0.15) is 5.10 Å². The van der Waals surface area contributed by atoms with Gasteiger partial charge in [-0.1, -0.05) is 32.9 Å². The highest BCUT2D eigenvalue weighted by Gasteiger charge is 2.17. The minimum Gasteiger partial charge on any atom is -0.309 e. The van der Waals surface area contributed by atoms with E-state index >= 15 is 0 Å². The van der Waals surface area contributed by atoms with Crippen molar-refractivity contribution in [3.8, 4) is 11.3 Å². The summed E-state index contributed by atoms with van der Waals surface area (Å²) in [6, 6.07) is 9.66. The van der Waals surface area contributed by atoms with Crippen LogP contribution in [-0.2, 0) is 6.54 Å². The number of anilines is 2. The molecule has 1 aliphatic heterocycles. The molecular weight excluding hydrogens is 455 g/mol. The van der Waals surface area contributed by atoms with E-state index < -0.39 is 5.82 Å². The predicted octanol–water partition coefficient (Wildman–Crippen LogP) is 4.95. The fourth-order valence-corrected chi connectivity index (χ4v) is 4.62. The summed E-state index contributed by atoms with van der Waals surface area (Å²) < 4.78 is 14.8. The zero-order valence-corrected chi connectivity index (χ0v) is 21.1. The molecule has 3 aromatic heterocycles. The van der Waals surface area contributed by atoms with E-state index in [-0.39, 0.29) is 5.69 Å². The molecule has 4 heterocycles. The first-order valence-electron chi connectivity index (χ1n) is 12.7. The number of nitrogens with one attached hydrogen (secondary N) is 2. The standard InChI is InChI=1S/C27H33FN8/c1-4-18(3)25-21-14-20(7-8-23(21)33-34-25)26-22(28)16-30-27(32-26)31-24-9-6-19(15-29-24)17-36-12-10-35(5-2)11-13-36/h6-9,14-16,18H,4-5,10-13,17H2,1-3H3,(H,33,34)(H,29,30,31,32). The van der Waals surface area contributed by atoms with E-state index in [1.807, 2.05) is 30.5 Å². The van der Waals surface area contributed by atoms with E-state index in [0.29, 0.717) is 23.2 Å². The van der Waals surface area contributed by atoms with Crippen molar-refractivity contribution in [2.75, 3.05) is 38.0 Å². The van der Waals surface area contributed by atoms with Gasteiger partial charge < -0.3 is 10.2 Å². The van der Waals surface area contributed by atoms with Crippen LogP contribution in [0.4, 0.5) is 16.2 Å². The molecule has 1 saturated heterocycles. The largest absolute Gasteiger partial charge is 0.309 e. The maximum Gasteiger partial charge on any atom is 0.229 e. The first kappa shape index (κ1) is 24.3. The second-order valence-corrected chi connectivity index (χ2v) is 9.46. The summed E-state index contributed by atoms with van der Waals surface area (Å²) in [5.74, 6) is 0.779. The number of likely N-dealkylation sites (N-methyl/N-ethyl adjacent to an activating group) is 1. The minimum absolute atomic E-state index is 0.244. The van der Waals surface area contributed by atoms with E-state index in [9.17, 15) is 4.39 Å². The highest BCUT2D eigenvalue weighted by Crippen LogP contribution is 2.30. The van der Waals surface area contributed by atoms with E-state index in [2.05, 4.69) is 67.1 Å². The average Bonchev–Trinajstić information content (AvgIpc) is 3.34. The molecule has 2 N–H and O–H groups in total. The van der Waals surface area contributed by atoms with Crippen molar-refractivity contribution in [1.82, 2.24) is 34.9 Å². The highest BCUT2D eigenvalue weighted by molar-refractivity contribution is 5.86. The van der Waals surface area contributed by atoms with E-state index in [1.54, 1.807) is 0 Å². The Kier molecular flexibility index (Phi) is 7.20. The van der Waals surface area contributed by atoms with Crippen molar-refractivity contribution in [2.45, 2.75) is 39.7 Å². The number of piperazine rings is 1. The van der Waals surface area contributed by atoms with Crippen molar-refractivity contribution in [3.63, 3.8) is 0 Å². The monoisotopic (exact) mass is 488 g/mol. The van der Waals surface area contributed by atoms with Crippen LogP contribution in [0.15, 0.2) is 42.7 Å². The molecule has 0 radical (unpaired) electrons. The smallest absolute Gasteiger partial charge is 0.229 e. The lowest BCUT2D eigenvalue weighted by atomic mass is 9.99. The number of aromatic nitrogens is 5. The summed E-state index contributed by atoms with van der Waals surface area (Å²) in [6.07, 6.45) is 4.06. The van der Waals surface area contributed by atoms with Gasteiger partial charge in [0.15, 0.2) is 5.82 Å². The summed E-state index contributed by atoms with van der Waals surface area (Å²) in [5.41, 5.74) is 4.00. The van der Waals surface area contributed by atoms with Gasteiger partial charge in [0, 0.05) is 55.6 Å². The van der Waals surface area contributed by atoms with Crippen LogP contribution in [0.5, 0.6) is 0 Å². The number of halogens is 1. The normalized spacial score (nSPS) is 15.9. The first-order chi connectivity index (χ1) is 17.5. The number of pyridine rings is 1. The van der Waals surface area contributed by atoms with Crippen molar-refractivity contribution in [3.05, 3.63) is 59.8 Å². The van der Waals surface area contributed by atoms with Gasteiger partial charge in [0.05, 0.1) is 11.7 Å². The van der Waals surface area contributed by atoms with Gasteiger partial charge in [-0.3, -0.25) is 10.00 Å². The van der Waals surface area contributed by atoms with Crippen LogP contribution < -0.4 is 5.32 Å². The quantitative estimate of drug-likeness (QED) is 0.363. The number of fused-ring (bicyclic) bond motifs is 1. The maximum atomic E-state index is 14.8. The van der Waals surface area contributed by atoms with Crippen LogP contribution in [0.1, 0.15) is 44.4 Å². The summed E-state index contributed by atoms with van der Waals surface area (Å²) in [5, 5.41) is 11.6. The number of nitrogens with zero attached hydrogens (tertiary/aromatic N) is 6.